The van der Waals surface area contributed by atoms with Crippen LogP contribution in [0.15, 0.2) is 59.7 Å². The Balaban J connectivity index is 1.53. The van der Waals surface area contributed by atoms with Gasteiger partial charge in [-0.25, -0.2) is 9.97 Å². The maximum Gasteiger partial charge on any atom is 0.259 e. The quantitative estimate of drug-likeness (QED) is 0.344. The van der Waals surface area contributed by atoms with Crippen LogP contribution in [0.1, 0.15) is 38.2 Å². The van der Waals surface area contributed by atoms with Gasteiger partial charge >= 0.3 is 0 Å². The summed E-state index contributed by atoms with van der Waals surface area (Å²) in [7, 11) is 0. The van der Waals surface area contributed by atoms with Gasteiger partial charge in [0.15, 0.2) is 0 Å². The number of hydrogen-bond acceptors (Lipinski definition) is 6. The first kappa shape index (κ1) is 23.3. The van der Waals surface area contributed by atoms with E-state index in [2.05, 4.69) is 40.1 Å². The van der Waals surface area contributed by atoms with Crippen LogP contribution < -0.4 is 15.8 Å². The van der Waals surface area contributed by atoms with Crippen LogP contribution in [0.4, 0.5) is 17.2 Å². The fourth-order valence-electron chi connectivity index (χ4n) is 4.44. The zero-order valence-electron chi connectivity index (χ0n) is 19.8. The van der Waals surface area contributed by atoms with Crippen molar-refractivity contribution in [1.82, 2.24) is 15.0 Å². The molecule has 35 heavy (non-hydrogen) atoms. The number of fused-ring (bicyclic) bond motifs is 1. The molecule has 3 N–H and O–H groups in total. The number of aromatic amines is 1. The van der Waals surface area contributed by atoms with Crippen LogP contribution in [0, 0.1) is 0 Å². The van der Waals surface area contributed by atoms with E-state index in [1.54, 1.807) is 12.3 Å². The number of pyridine rings is 3. The Labute approximate surface area is 208 Å². The van der Waals surface area contributed by atoms with E-state index in [-0.39, 0.29) is 11.7 Å². The number of benzene rings is 1. The van der Waals surface area contributed by atoms with Crippen molar-refractivity contribution in [2.45, 2.75) is 38.7 Å². The molecule has 7 nitrogen and oxygen atoms in total. The topological polar surface area (TPSA) is 94.1 Å². The molecule has 4 heterocycles. The van der Waals surface area contributed by atoms with E-state index in [0.29, 0.717) is 39.0 Å². The third kappa shape index (κ3) is 4.88. The summed E-state index contributed by atoms with van der Waals surface area (Å²) in [6.07, 6.45) is 4.71. The molecule has 0 unspecified atom stereocenters. The molecule has 3 aromatic heterocycles. The molecule has 8 heteroatoms. The zero-order chi connectivity index (χ0) is 24.5. The molecule has 0 atom stereocenters. The number of rotatable bonds is 5. The number of nitrogens with one attached hydrogen (secondary N) is 2. The lowest BCUT2D eigenvalue weighted by Gasteiger charge is -2.31. The van der Waals surface area contributed by atoms with Crippen molar-refractivity contribution in [3.8, 4) is 11.3 Å². The second-order valence-corrected chi connectivity index (χ2v) is 9.67. The Kier molecular flexibility index (Phi) is 6.45. The molecule has 0 spiro atoms. The summed E-state index contributed by atoms with van der Waals surface area (Å²) in [6.45, 7) is 5.88. The number of nitrogens with zero attached hydrogens (tertiary/aromatic N) is 3. The monoisotopic (exact) mass is 489 g/mol. The minimum Gasteiger partial charge on any atom is -0.393 e. The van der Waals surface area contributed by atoms with Gasteiger partial charge in [-0.1, -0.05) is 31.5 Å². The fourth-order valence-corrected chi connectivity index (χ4v) is 4.65. The maximum absolute atomic E-state index is 12.7. The van der Waals surface area contributed by atoms with E-state index in [1.165, 1.54) is 0 Å². The molecular weight excluding hydrogens is 462 g/mol. The molecule has 0 aliphatic carbocycles. The highest BCUT2D eigenvalue weighted by Gasteiger charge is 2.18. The zero-order valence-corrected chi connectivity index (χ0v) is 20.5. The number of H-pyrrole nitrogens is 1. The minimum atomic E-state index is -0.227. The van der Waals surface area contributed by atoms with Crippen molar-refractivity contribution in [3.05, 3.63) is 75.8 Å². The summed E-state index contributed by atoms with van der Waals surface area (Å²) in [5.41, 5.74) is 4.63. The van der Waals surface area contributed by atoms with E-state index in [4.69, 9.17) is 16.6 Å². The van der Waals surface area contributed by atoms with E-state index >= 15 is 0 Å². The lowest BCUT2D eigenvalue weighted by Crippen LogP contribution is -2.35. The van der Waals surface area contributed by atoms with Crippen LogP contribution in [0.3, 0.4) is 0 Å². The first-order valence-corrected chi connectivity index (χ1v) is 12.2. The molecule has 5 rings (SSSR count). The van der Waals surface area contributed by atoms with Gasteiger partial charge in [0, 0.05) is 29.9 Å². The van der Waals surface area contributed by atoms with Gasteiger partial charge in [0.05, 0.1) is 40.3 Å². The SMILES string of the molecule is CC(C)c1ccc(Cl)c(-c2cc(Nc3ccc(N4CCC(O)CC4)cn3)c3c(=O)[nH]ccc3n2)c1. The van der Waals surface area contributed by atoms with Crippen molar-refractivity contribution in [2.75, 3.05) is 23.3 Å². The highest BCUT2D eigenvalue weighted by atomic mass is 35.5. The Morgan fingerprint density at radius 3 is 2.66 bits per heavy atom. The molecule has 1 aliphatic rings. The number of hydrogen-bond donors (Lipinski definition) is 3. The third-order valence-corrected chi connectivity index (χ3v) is 6.83. The van der Waals surface area contributed by atoms with Gasteiger partial charge in [0.2, 0.25) is 0 Å². The van der Waals surface area contributed by atoms with Gasteiger partial charge in [-0.3, -0.25) is 4.79 Å². The number of aliphatic hydroxyl groups excluding tert-OH is 1. The lowest BCUT2D eigenvalue weighted by molar-refractivity contribution is 0.145. The second kappa shape index (κ2) is 9.68. The molecule has 1 saturated heterocycles. The van der Waals surface area contributed by atoms with Crippen LogP contribution in [-0.4, -0.2) is 39.3 Å². The number of aliphatic hydroxyl groups is 1. The molecule has 0 saturated carbocycles. The summed E-state index contributed by atoms with van der Waals surface area (Å²) in [6, 6.07) is 13.5. The van der Waals surface area contributed by atoms with E-state index in [9.17, 15) is 9.90 Å². The molecule has 1 aliphatic heterocycles. The predicted molar refractivity (Wildman–Crippen MR) is 142 cm³/mol. The number of aromatic nitrogens is 3. The van der Waals surface area contributed by atoms with Crippen LogP contribution in [0.5, 0.6) is 0 Å². The highest BCUT2D eigenvalue weighted by molar-refractivity contribution is 6.33. The van der Waals surface area contributed by atoms with Crippen LogP contribution in [0.25, 0.3) is 22.2 Å². The Morgan fingerprint density at radius 2 is 1.94 bits per heavy atom. The summed E-state index contributed by atoms with van der Waals surface area (Å²) in [4.78, 5) is 27.0. The van der Waals surface area contributed by atoms with E-state index in [0.717, 1.165) is 42.7 Å². The Hall–Kier alpha value is -3.42. The van der Waals surface area contributed by atoms with Gasteiger partial charge in [0.1, 0.15) is 5.82 Å². The Morgan fingerprint density at radius 1 is 1.14 bits per heavy atom. The number of anilines is 3. The van der Waals surface area contributed by atoms with Gasteiger partial charge in [-0.2, -0.15) is 0 Å². The standard InChI is InChI=1S/C27H28ClN5O2/c1-16(2)17-3-5-21(28)20(13-17)23-14-24(26-22(31-23)7-10-29-27(26)35)32-25-6-4-18(15-30-25)33-11-8-19(34)9-12-33/h3-7,10,13-16,19,34H,8-9,11-12H2,1-2H3,(H,29,35)(H,30,31,32). The van der Waals surface area contributed by atoms with Crippen LogP contribution in [-0.2, 0) is 0 Å². The summed E-state index contributed by atoms with van der Waals surface area (Å²) < 4.78 is 0. The van der Waals surface area contributed by atoms with Crippen LogP contribution >= 0.6 is 11.6 Å². The molecule has 180 valence electrons. The molecule has 1 aromatic carbocycles. The van der Waals surface area contributed by atoms with Crippen LogP contribution in [0.2, 0.25) is 5.02 Å². The largest absolute Gasteiger partial charge is 0.393 e. The van der Waals surface area contributed by atoms with E-state index in [1.807, 2.05) is 36.5 Å². The van der Waals surface area contributed by atoms with Gasteiger partial charge in [0.25, 0.3) is 5.56 Å². The van der Waals surface area contributed by atoms with Gasteiger partial charge in [-0.05, 0) is 60.7 Å². The Bertz CT molecular complexity index is 1410. The average molecular weight is 490 g/mol. The fraction of sp³-hybridized carbons (Fsp3) is 0.296. The molecular formula is C27H28ClN5O2. The van der Waals surface area contributed by atoms with Gasteiger partial charge < -0.3 is 20.3 Å². The summed E-state index contributed by atoms with van der Waals surface area (Å²) in [5, 5.41) is 14.1. The molecule has 0 radical (unpaired) electrons. The van der Waals surface area contributed by atoms with Crippen molar-refractivity contribution >= 4 is 39.7 Å². The second-order valence-electron chi connectivity index (χ2n) is 9.26. The van der Waals surface area contributed by atoms with Crippen molar-refractivity contribution in [3.63, 3.8) is 0 Å². The molecule has 0 bridgehead atoms. The van der Waals surface area contributed by atoms with Crippen molar-refractivity contribution in [2.24, 2.45) is 0 Å². The van der Waals surface area contributed by atoms with Gasteiger partial charge in [-0.15, -0.1) is 0 Å². The molecule has 0 amide bonds. The lowest BCUT2D eigenvalue weighted by atomic mass is 9.99. The minimum absolute atomic E-state index is 0.220. The number of piperidine rings is 1. The maximum atomic E-state index is 12.7. The molecule has 4 aromatic rings. The van der Waals surface area contributed by atoms with E-state index < -0.39 is 0 Å². The number of halogens is 1. The first-order valence-electron chi connectivity index (χ1n) is 11.9. The molecule has 1 fully saturated rings. The highest BCUT2D eigenvalue weighted by Crippen LogP contribution is 2.34. The third-order valence-electron chi connectivity index (χ3n) is 6.50. The summed E-state index contributed by atoms with van der Waals surface area (Å²) in [5.74, 6) is 0.965. The first-order chi connectivity index (χ1) is 16.9. The van der Waals surface area contributed by atoms with Crippen molar-refractivity contribution in [1.29, 1.82) is 0 Å². The predicted octanol–water partition coefficient (Wildman–Crippen LogP) is 5.47. The average Bonchev–Trinajstić information content (AvgIpc) is 2.85. The smallest absolute Gasteiger partial charge is 0.259 e. The normalized spacial score (nSPS) is 14.6. The van der Waals surface area contributed by atoms with Crippen molar-refractivity contribution < 1.29 is 5.11 Å². The summed E-state index contributed by atoms with van der Waals surface area (Å²) >= 11 is 6.57.